The molecule has 0 aliphatic carbocycles. The summed E-state index contributed by atoms with van der Waals surface area (Å²) in [5.74, 6) is 1.08. The highest BCUT2D eigenvalue weighted by Gasteiger charge is 2.23. The highest BCUT2D eigenvalue weighted by molar-refractivity contribution is 5.90. The van der Waals surface area contributed by atoms with Gasteiger partial charge in [0.25, 0.3) is 0 Å². The molecule has 0 unspecified atom stereocenters. The number of rotatable bonds is 5. The smallest absolute Gasteiger partial charge is 0.418 e. The van der Waals surface area contributed by atoms with Crippen molar-refractivity contribution in [2.45, 2.75) is 32.7 Å². The molecule has 1 aromatic heterocycles. The van der Waals surface area contributed by atoms with Gasteiger partial charge in [-0.15, -0.1) is 0 Å². The minimum Gasteiger partial charge on any atom is -0.494 e. The van der Waals surface area contributed by atoms with E-state index in [1.165, 1.54) is 0 Å². The maximum absolute atomic E-state index is 12.8. The predicted octanol–water partition coefficient (Wildman–Crippen LogP) is 4.83. The second-order valence-corrected chi connectivity index (χ2v) is 9.78. The van der Waals surface area contributed by atoms with E-state index in [4.69, 9.17) is 9.47 Å². The maximum Gasteiger partial charge on any atom is 0.418 e. The summed E-state index contributed by atoms with van der Waals surface area (Å²) in [7, 11) is 3.80. The average Bonchev–Trinajstić information content (AvgIpc) is 3.16. The first-order chi connectivity index (χ1) is 15.7. The number of aromatic amines is 1. The van der Waals surface area contributed by atoms with E-state index in [9.17, 15) is 4.79 Å². The number of likely N-dealkylation sites (N-methyl/N-ethyl adjacent to an activating group) is 1. The molecule has 176 valence electrons. The van der Waals surface area contributed by atoms with Crippen molar-refractivity contribution in [3.63, 3.8) is 0 Å². The van der Waals surface area contributed by atoms with Crippen LogP contribution in [-0.4, -0.2) is 61.2 Å². The van der Waals surface area contributed by atoms with Crippen molar-refractivity contribution in [2.75, 3.05) is 45.7 Å². The highest BCUT2D eigenvalue weighted by Crippen LogP contribution is 2.36. The van der Waals surface area contributed by atoms with Crippen LogP contribution in [0.1, 0.15) is 31.9 Å². The third-order valence-electron chi connectivity index (χ3n) is 6.17. The lowest BCUT2D eigenvalue weighted by Gasteiger charge is -2.33. The molecule has 2 aromatic carbocycles. The van der Waals surface area contributed by atoms with Gasteiger partial charge in [0.1, 0.15) is 5.75 Å². The number of fused-ring (bicyclic) bond motifs is 1. The molecule has 0 saturated carbocycles. The van der Waals surface area contributed by atoms with Crippen LogP contribution in [0.3, 0.4) is 0 Å². The van der Waals surface area contributed by atoms with Crippen LogP contribution in [0.25, 0.3) is 10.9 Å². The van der Waals surface area contributed by atoms with Crippen LogP contribution in [0, 0.1) is 0 Å². The number of carbonyl (C=O) groups is 1. The molecule has 7 nitrogen and oxygen atoms in total. The monoisotopic (exact) mass is 450 g/mol. The molecule has 2 N–H and O–H groups in total. The van der Waals surface area contributed by atoms with Crippen LogP contribution in [0.5, 0.6) is 11.6 Å². The summed E-state index contributed by atoms with van der Waals surface area (Å²) < 4.78 is 11.3. The summed E-state index contributed by atoms with van der Waals surface area (Å²) in [6, 6.07) is 13.8. The third kappa shape index (κ3) is 5.49. The number of para-hydroxylation sites is 1. The fourth-order valence-electron chi connectivity index (χ4n) is 4.16. The summed E-state index contributed by atoms with van der Waals surface area (Å²) in [6.07, 6.45) is -0.559. The Morgan fingerprint density at radius 2 is 1.82 bits per heavy atom. The highest BCUT2D eigenvalue weighted by atomic mass is 16.6. The first-order valence-electron chi connectivity index (χ1n) is 11.4. The number of methoxy groups -OCH3 is 1. The molecule has 33 heavy (non-hydrogen) atoms. The van der Waals surface area contributed by atoms with E-state index in [1.807, 2.05) is 36.4 Å². The number of carbonyl (C=O) groups excluding carboxylic acids is 1. The molecule has 1 fully saturated rings. The van der Waals surface area contributed by atoms with Crippen molar-refractivity contribution in [1.29, 1.82) is 0 Å². The first kappa shape index (κ1) is 23.1. The number of hydrogen-bond donors (Lipinski definition) is 2. The standard InChI is InChI=1S/C26H34N4O3/c1-26(2,3)20-14-19(17-30-12-10-29(4)11-13-30)24(32-5)22(16-20)28-25(31)33-23-15-18-8-6-7-9-21(18)27-23/h6-9,14-16,27H,10-13,17H2,1-5H3,(H,28,31). The van der Waals surface area contributed by atoms with Crippen LogP contribution in [-0.2, 0) is 12.0 Å². The quantitative estimate of drug-likeness (QED) is 0.583. The van der Waals surface area contributed by atoms with Gasteiger partial charge in [-0.05, 0) is 30.2 Å². The molecule has 1 aliphatic heterocycles. The first-order valence-corrected chi connectivity index (χ1v) is 11.4. The Hall–Kier alpha value is -3.03. The molecule has 4 rings (SSSR count). The van der Waals surface area contributed by atoms with E-state index in [0.29, 0.717) is 17.3 Å². The SMILES string of the molecule is COc1c(CN2CCN(C)CC2)cc(C(C)(C)C)cc1NC(=O)Oc1cc2ccccc2[nH]1. The topological polar surface area (TPSA) is 69.8 Å². The molecule has 1 saturated heterocycles. The van der Waals surface area contributed by atoms with Gasteiger partial charge in [0.15, 0.2) is 0 Å². The molecular weight excluding hydrogens is 416 g/mol. The molecule has 0 spiro atoms. The molecule has 1 amide bonds. The molecule has 0 bridgehead atoms. The van der Waals surface area contributed by atoms with Crippen LogP contribution in [0.15, 0.2) is 42.5 Å². The van der Waals surface area contributed by atoms with Crippen molar-refractivity contribution in [3.8, 4) is 11.6 Å². The normalized spacial score (nSPS) is 15.5. The number of amides is 1. The number of aromatic nitrogens is 1. The second-order valence-electron chi connectivity index (χ2n) is 9.78. The summed E-state index contributed by atoms with van der Waals surface area (Å²) in [5, 5.41) is 3.91. The van der Waals surface area contributed by atoms with Gasteiger partial charge in [-0.1, -0.05) is 45.0 Å². The van der Waals surface area contributed by atoms with Gasteiger partial charge in [0.05, 0.1) is 12.8 Å². The lowest BCUT2D eigenvalue weighted by molar-refractivity contribution is 0.147. The van der Waals surface area contributed by atoms with Crippen molar-refractivity contribution in [3.05, 3.63) is 53.6 Å². The molecule has 0 atom stereocenters. The Kier molecular flexibility index (Phi) is 6.63. The number of H-pyrrole nitrogens is 1. The Labute approximate surface area is 195 Å². The summed E-state index contributed by atoms with van der Waals surface area (Å²) in [6.45, 7) is 11.4. The van der Waals surface area contributed by atoms with Gasteiger partial charge in [0.2, 0.25) is 5.88 Å². The maximum atomic E-state index is 12.8. The van der Waals surface area contributed by atoms with Crippen molar-refractivity contribution in [1.82, 2.24) is 14.8 Å². The van der Waals surface area contributed by atoms with E-state index in [0.717, 1.165) is 54.8 Å². The number of nitrogens with zero attached hydrogens (tertiary/aromatic N) is 2. The Morgan fingerprint density at radius 3 is 2.48 bits per heavy atom. The summed E-state index contributed by atoms with van der Waals surface area (Å²) in [4.78, 5) is 20.7. The number of piperazine rings is 1. The van der Waals surface area contributed by atoms with Gasteiger partial charge in [-0.2, -0.15) is 0 Å². The predicted molar refractivity (Wildman–Crippen MR) is 132 cm³/mol. The van der Waals surface area contributed by atoms with E-state index in [2.05, 4.69) is 54.0 Å². The third-order valence-corrected chi connectivity index (χ3v) is 6.17. The fraction of sp³-hybridized carbons (Fsp3) is 0.423. The zero-order chi connectivity index (χ0) is 23.6. The summed E-state index contributed by atoms with van der Waals surface area (Å²) >= 11 is 0. The van der Waals surface area contributed by atoms with Crippen LogP contribution >= 0.6 is 0 Å². The van der Waals surface area contributed by atoms with Gasteiger partial charge < -0.3 is 19.4 Å². The summed E-state index contributed by atoms with van der Waals surface area (Å²) in [5.41, 5.74) is 3.65. The number of anilines is 1. The van der Waals surface area contributed by atoms with Crippen molar-refractivity contribution in [2.24, 2.45) is 0 Å². The van der Waals surface area contributed by atoms with Gasteiger partial charge in [-0.25, -0.2) is 4.79 Å². The second kappa shape index (κ2) is 9.45. The van der Waals surface area contributed by atoms with Gasteiger partial charge in [0, 0.05) is 55.3 Å². The van der Waals surface area contributed by atoms with Crippen molar-refractivity contribution < 1.29 is 14.3 Å². The lowest BCUT2D eigenvalue weighted by atomic mass is 9.85. The average molecular weight is 451 g/mol. The van der Waals surface area contributed by atoms with Gasteiger partial charge in [-0.3, -0.25) is 10.2 Å². The lowest BCUT2D eigenvalue weighted by Crippen LogP contribution is -2.44. The minimum atomic E-state index is -0.559. The van der Waals surface area contributed by atoms with Gasteiger partial charge >= 0.3 is 6.09 Å². The zero-order valence-corrected chi connectivity index (χ0v) is 20.2. The molecule has 2 heterocycles. The van der Waals surface area contributed by atoms with Crippen LogP contribution in [0.2, 0.25) is 0 Å². The van der Waals surface area contributed by atoms with E-state index >= 15 is 0 Å². The Bertz CT molecular complexity index is 1090. The number of nitrogens with one attached hydrogen (secondary N) is 2. The number of benzene rings is 2. The Balaban J connectivity index is 1.59. The molecule has 0 radical (unpaired) electrons. The molecule has 1 aliphatic rings. The largest absolute Gasteiger partial charge is 0.494 e. The van der Waals surface area contributed by atoms with E-state index in [1.54, 1.807) is 7.11 Å². The van der Waals surface area contributed by atoms with E-state index in [-0.39, 0.29) is 5.41 Å². The van der Waals surface area contributed by atoms with E-state index < -0.39 is 6.09 Å². The molecule has 3 aromatic rings. The minimum absolute atomic E-state index is 0.0827. The molecule has 7 heteroatoms. The van der Waals surface area contributed by atoms with Crippen LogP contribution in [0.4, 0.5) is 10.5 Å². The zero-order valence-electron chi connectivity index (χ0n) is 20.2. The van der Waals surface area contributed by atoms with Crippen LogP contribution < -0.4 is 14.8 Å². The Morgan fingerprint density at radius 1 is 1.09 bits per heavy atom. The van der Waals surface area contributed by atoms with Crippen molar-refractivity contribution >= 4 is 22.7 Å². The molecular formula is C26H34N4O3. The fourth-order valence-corrected chi connectivity index (χ4v) is 4.16. The number of ether oxygens (including phenoxy) is 2. The number of hydrogen-bond acceptors (Lipinski definition) is 5.